The summed E-state index contributed by atoms with van der Waals surface area (Å²) in [4.78, 5) is 28.9. The Morgan fingerprint density at radius 2 is 1.62 bits per heavy atom. The Hall–Kier alpha value is -2.78. The van der Waals surface area contributed by atoms with E-state index in [1.54, 1.807) is 48.2 Å². The first-order valence-corrected chi connectivity index (χ1v) is 16.7. The molecule has 0 spiro atoms. The lowest BCUT2D eigenvalue weighted by molar-refractivity contribution is -0.141. The molecule has 0 aliphatic carbocycles. The third kappa shape index (κ3) is 9.36. The van der Waals surface area contributed by atoms with Crippen LogP contribution in [0.5, 0.6) is 0 Å². The van der Waals surface area contributed by atoms with Crippen molar-refractivity contribution in [2.75, 3.05) is 23.7 Å². The Morgan fingerprint density at radius 3 is 2.26 bits per heavy atom. The number of halogens is 3. The minimum Gasteiger partial charge on any atom is -0.354 e. The van der Waals surface area contributed by atoms with Gasteiger partial charge in [0.2, 0.25) is 21.8 Å². The Balaban J connectivity index is 1.91. The molecule has 0 saturated heterocycles. The van der Waals surface area contributed by atoms with Crippen molar-refractivity contribution < 1.29 is 18.0 Å². The molecule has 0 saturated carbocycles. The number of hydrogen-bond donors (Lipinski definition) is 1. The van der Waals surface area contributed by atoms with Crippen LogP contribution in [0.4, 0.5) is 5.69 Å². The van der Waals surface area contributed by atoms with Crippen LogP contribution in [-0.2, 0) is 32.6 Å². The number of anilines is 1. The molecule has 2 amide bonds. The van der Waals surface area contributed by atoms with Crippen LogP contribution in [0.1, 0.15) is 42.9 Å². The zero-order chi connectivity index (χ0) is 30.9. The van der Waals surface area contributed by atoms with Gasteiger partial charge in [-0.05, 0) is 60.7 Å². The summed E-state index contributed by atoms with van der Waals surface area (Å²) in [7, 11) is -3.66. The molecule has 3 rings (SSSR count). The maximum absolute atomic E-state index is 13.9. The van der Waals surface area contributed by atoms with E-state index in [9.17, 15) is 18.0 Å². The smallest absolute Gasteiger partial charge is 0.243 e. The monoisotopic (exact) mass is 651 g/mol. The number of amides is 2. The zero-order valence-corrected chi connectivity index (χ0v) is 27.0. The summed E-state index contributed by atoms with van der Waals surface area (Å²) in [5, 5.41) is 4.12. The van der Waals surface area contributed by atoms with E-state index in [2.05, 4.69) is 5.32 Å². The number of benzene rings is 3. The number of nitrogens with zero attached hydrogens (tertiary/aromatic N) is 2. The number of carbonyl (C=O) groups is 2. The minimum absolute atomic E-state index is 0.0132. The predicted molar refractivity (Wildman–Crippen MR) is 172 cm³/mol. The molecule has 7 nitrogen and oxygen atoms in total. The molecule has 0 unspecified atom stereocenters. The van der Waals surface area contributed by atoms with E-state index >= 15 is 0 Å². The number of rotatable bonds is 14. The van der Waals surface area contributed by atoms with Gasteiger partial charge < -0.3 is 10.2 Å². The molecule has 3 aromatic carbocycles. The molecule has 0 radical (unpaired) electrons. The topological polar surface area (TPSA) is 86.8 Å². The lowest BCUT2D eigenvalue weighted by Crippen LogP contribution is -2.50. The van der Waals surface area contributed by atoms with Gasteiger partial charge in [-0.1, -0.05) is 84.2 Å². The van der Waals surface area contributed by atoms with Crippen LogP contribution in [0.3, 0.4) is 0 Å². The molecule has 42 heavy (non-hydrogen) atoms. The van der Waals surface area contributed by atoms with Crippen molar-refractivity contribution in [1.82, 2.24) is 10.2 Å². The van der Waals surface area contributed by atoms with Crippen LogP contribution in [-0.4, -0.2) is 50.5 Å². The quantitative estimate of drug-likeness (QED) is 0.211. The first-order valence-electron chi connectivity index (χ1n) is 13.7. The van der Waals surface area contributed by atoms with Crippen LogP contribution in [0, 0.1) is 6.92 Å². The van der Waals surface area contributed by atoms with Crippen molar-refractivity contribution in [3.63, 3.8) is 0 Å². The molecule has 0 aromatic heterocycles. The zero-order valence-electron chi connectivity index (χ0n) is 23.9. The highest BCUT2D eigenvalue weighted by Crippen LogP contribution is 2.29. The van der Waals surface area contributed by atoms with Gasteiger partial charge in [-0.3, -0.25) is 13.9 Å². The molecular formula is C31H36Cl3N3O4S. The standard InChI is InChI=1S/C31H36Cl3N3O4S/c1-4-17-35-31(39)29(20-23-10-6-5-7-11-23)36(21-24-15-16-26(33)27(34)19-24)30(38)14-9-18-37(42(3,40)41)28-13-8-12-25(32)22(28)2/h5-8,10-13,15-16,19,29H,4,9,14,17-18,20-21H2,1-3H3,(H,35,39)/t29-/m1/s1. The summed E-state index contributed by atoms with van der Waals surface area (Å²) in [5.74, 6) is -0.550. The summed E-state index contributed by atoms with van der Waals surface area (Å²) in [6, 6.07) is 18.9. The van der Waals surface area contributed by atoms with E-state index in [-0.39, 0.29) is 37.7 Å². The van der Waals surface area contributed by atoms with Gasteiger partial charge in [-0.25, -0.2) is 8.42 Å². The van der Waals surface area contributed by atoms with E-state index in [1.807, 2.05) is 37.3 Å². The fraction of sp³-hybridized carbons (Fsp3) is 0.355. The average molecular weight is 653 g/mol. The normalized spacial score (nSPS) is 12.0. The van der Waals surface area contributed by atoms with Crippen LogP contribution >= 0.6 is 34.8 Å². The van der Waals surface area contributed by atoms with E-state index in [0.29, 0.717) is 44.8 Å². The summed E-state index contributed by atoms with van der Waals surface area (Å²) in [6.07, 6.45) is 2.42. The van der Waals surface area contributed by atoms with E-state index in [0.717, 1.165) is 18.2 Å². The minimum atomic E-state index is -3.66. The molecule has 11 heteroatoms. The third-order valence-corrected chi connectivity index (χ3v) is 9.15. The van der Waals surface area contributed by atoms with Gasteiger partial charge in [-0.15, -0.1) is 0 Å². The van der Waals surface area contributed by atoms with Crippen molar-refractivity contribution >= 4 is 62.3 Å². The van der Waals surface area contributed by atoms with Crippen molar-refractivity contribution in [3.8, 4) is 0 Å². The maximum Gasteiger partial charge on any atom is 0.243 e. The summed E-state index contributed by atoms with van der Waals surface area (Å²) < 4.78 is 26.7. The molecule has 1 N–H and O–H groups in total. The second-order valence-electron chi connectivity index (χ2n) is 10.1. The summed E-state index contributed by atoms with van der Waals surface area (Å²) in [5.41, 5.74) is 2.71. The van der Waals surface area contributed by atoms with Crippen LogP contribution in [0.25, 0.3) is 0 Å². The van der Waals surface area contributed by atoms with Gasteiger partial charge in [0.05, 0.1) is 22.0 Å². The summed E-state index contributed by atoms with van der Waals surface area (Å²) in [6.45, 7) is 4.37. The molecule has 0 aliphatic heterocycles. The van der Waals surface area contributed by atoms with Gasteiger partial charge in [0, 0.05) is 37.5 Å². The first kappa shape index (κ1) is 33.7. The largest absolute Gasteiger partial charge is 0.354 e. The Bertz CT molecular complexity index is 1490. The van der Waals surface area contributed by atoms with Crippen molar-refractivity contribution in [2.45, 2.75) is 52.1 Å². The highest BCUT2D eigenvalue weighted by molar-refractivity contribution is 7.92. The molecule has 1 atom stereocenters. The molecule has 0 fully saturated rings. The van der Waals surface area contributed by atoms with Crippen LogP contribution in [0.2, 0.25) is 15.1 Å². The molecule has 3 aromatic rings. The highest BCUT2D eigenvalue weighted by atomic mass is 35.5. The SMILES string of the molecule is CCCNC(=O)[C@@H](Cc1ccccc1)N(Cc1ccc(Cl)c(Cl)c1)C(=O)CCCN(c1cccc(Cl)c1C)S(C)(=O)=O. The van der Waals surface area contributed by atoms with Gasteiger partial charge >= 0.3 is 0 Å². The number of sulfonamides is 1. The first-order chi connectivity index (χ1) is 19.9. The van der Waals surface area contributed by atoms with E-state index in [4.69, 9.17) is 34.8 Å². The van der Waals surface area contributed by atoms with Crippen LogP contribution < -0.4 is 9.62 Å². The predicted octanol–water partition coefficient (Wildman–Crippen LogP) is 6.67. The Morgan fingerprint density at radius 1 is 0.905 bits per heavy atom. The van der Waals surface area contributed by atoms with Crippen LogP contribution in [0.15, 0.2) is 66.7 Å². The molecule has 0 aliphatic rings. The van der Waals surface area contributed by atoms with Crippen molar-refractivity contribution in [2.24, 2.45) is 0 Å². The maximum atomic E-state index is 13.9. The fourth-order valence-corrected chi connectivity index (χ4v) is 6.11. The van der Waals surface area contributed by atoms with Gasteiger partial charge in [0.1, 0.15) is 6.04 Å². The van der Waals surface area contributed by atoms with Crippen molar-refractivity contribution in [1.29, 1.82) is 0 Å². The lowest BCUT2D eigenvalue weighted by Gasteiger charge is -2.32. The molecule has 226 valence electrons. The van der Waals surface area contributed by atoms with Crippen molar-refractivity contribution in [3.05, 3.63) is 98.5 Å². The molecule has 0 bridgehead atoms. The Labute approximate surface area is 263 Å². The number of hydrogen-bond acceptors (Lipinski definition) is 4. The van der Waals surface area contributed by atoms with Gasteiger partial charge in [0.15, 0.2) is 0 Å². The lowest BCUT2D eigenvalue weighted by atomic mass is 10.0. The highest BCUT2D eigenvalue weighted by Gasteiger charge is 2.30. The molecule has 0 heterocycles. The van der Waals surface area contributed by atoms with E-state index in [1.165, 1.54) is 4.31 Å². The van der Waals surface area contributed by atoms with Gasteiger partial charge in [-0.2, -0.15) is 0 Å². The van der Waals surface area contributed by atoms with Gasteiger partial charge in [0.25, 0.3) is 0 Å². The molecular weight excluding hydrogens is 617 g/mol. The second kappa shape index (κ2) is 15.6. The number of nitrogens with one attached hydrogen (secondary N) is 1. The fourth-order valence-electron chi connectivity index (χ4n) is 4.60. The third-order valence-electron chi connectivity index (χ3n) is 6.82. The second-order valence-corrected chi connectivity index (χ2v) is 13.2. The Kier molecular flexibility index (Phi) is 12.5. The average Bonchev–Trinajstić information content (AvgIpc) is 2.95. The van der Waals surface area contributed by atoms with E-state index < -0.39 is 16.1 Å². The summed E-state index contributed by atoms with van der Waals surface area (Å²) >= 11 is 18.7. The number of carbonyl (C=O) groups excluding carboxylic acids is 2.